The van der Waals surface area contributed by atoms with E-state index < -0.39 is 5.37 Å². The zero-order valence-corrected chi connectivity index (χ0v) is 5.45. The molecule has 0 aliphatic heterocycles. The predicted octanol–water partition coefficient (Wildman–Crippen LogP) is 0.226. The van der Waals surface area contributed by atoms with Gasteiger partial charge < -0.3 is 4.89 Å². The molecule has 0 fully saturated rings. The molecule has 29 valence electrons. The summed E-state index contributed by atoms with van der Waals surface area (Å²) in [4.78, 5) is 7.85. The zero-order chi connectivity index (χ0) is 4.50. The van der Waals surface area contributed by atoms with E-state index in [2.05, 4.69) is 11.2 Å². The van der Waals surface area contributed by atoms with Gasteiger partial charge in [0.15, 0.2) is 5.37 Å². The van der Waals surface area contributed by atoms with Gasteiger partial charge in [0.1, 0.15) is 0 Å². The van der Waals surface area contributed by atoms with Crippen molar-refractivity contribution >= 4 is 32.5 Å². The third-order valence-electron chi connectivity index (χ3n) is 0. The van der Waals surface area contributed by atoms with Gasteiger partial charge in [-0.1, -0.05) is 0 Å². The summed E-state index contributed by atoms with van der Waals surface area (Å²) in [6.07, 6.45) is 0. The number of hydrogen-bond acceptors (Lipinski definition) is 1. The molecule has 1 unspecified atom stereocenters. The first-order valence-corrected chi connectivity index (χ1v) is 5.52. The highest BCUT2D eigenvalue weighted by molar-refractivity contribution is 8.03. The first-order valence-electron chi connectivity index (χ1n) is 0.868. The van der Waals surface area contributed by atoms with Gasteiger partial charge in [-0.3, -0.25) is 4.57 Å². The number of rotatable bonds is 0. The van der Waals surface area contributed by atoms with Crippen LogP contribution in [0.3, 0.4) is 0 Å². The summed E-state index contributed by atoms with van der Waals surface area (Å²) < 4.78 is 9.55. The van der Waals surface area contributed by atoms with Crippen LogP contribution in [0.15, 0.2) is 0 Å². The summed E-state index contributed by atoms with van der Waals surface area (Å²) in [6, 6.07) is 0. The molecule has 5 heavy (non-hydrogen) atoms. The van der Waals surface area contributed by atoms with E-state index in [0.29, 0.717) is 0 Å². The fourth-order valence-electron chi connectivity index (χ4n) is 0. The standard InChI is InChI=1S/Al.ClO2P.H/c;1-4(2)3;/q-1;;/p+1. The maximum Gasteiger partial charge on any atom is 0.354 e. The minimum atomic E-state index is -3.14. The van der Waals surface area contributed by atoms with E-state index >= 15 is 0 Å². The summed E-state index contributed by atoms with van der Waals surface area (Å²) in [5, 5.41) is -3.14. The van der Waals surface area contributed by atoms with Crippen LogP contribution in [0.5, 0.6) is 0 Å². The van der Waals surface area contributed by atoms with Crippen molar-refractivity contribution in [1.29, 1.82) is 0 Å². The minimum absolute atomic E-state index is 0.888. The van der Waals surface area contributed by atoms with E-state index in [4.69, 9.17) is 4.89 Å². The van der Waals surface area contributed by atoms with E-state index in [1.165, 1.54) is 0 Å². The molecule has 0 saturated heterocycles. The Kier molecular flexibility index (Phi) is 1.97. The molecule has 0 aromatic rings. The first kappa shape index (κ1) is 6.01. The zero-order valence-electron chi connectivity index (χ0n) is 2.39. The van der Waals surface area contributed by atoms with Crippen LogP contribution in [0, 0.1) is 0 Å². The Morgan fingerprint density at radius 2 is 2.00 bits per heavy atom. The third kappa shape index (κ3) is 44.4. The summed E-state index contributed by atoms with van der Waals surface area (Å²) in [7, 11) is 0. The van der Waals surface area contributed by atoms with Crippen molar-refractivity contribution in [2.45, 2.75) is 0 Å². The second-order valence-electron chi connectivity index (χ2n) is 0.616. The highest BCUT2D eigenvalue weighted by atomic mass is 35.7. The molecular formula is H2AlClO2P. The van der Waals surface area contributed by atoms with Crippen LogP contribution in [0.2, 0.25) is 0 Å². The Balaban J connectivity index is 3.47. The quantitative estimate of drug-likeness (QED) is 0.374. The van der Waals surface area contributed by atoms with E-state index in [-0.39, 0.29) is 0 Å². The SMILES string of the molecule is O=[P](O)([AlH])Cl. The molecule has 1 radical (unpaired) electrons. The Bertz CT molecular complexity index is 55.8. The van der Waals surface area contributed by atoms with Crippen LogP contribution in [-0.2, 0) is 4.57 Å². The third-order valence-corrected chi connectivity index (χ3v) is 0. The maximum absolute atomic E-state index is 9.55. The van der Waals surface area contributed by atoms with Gasteiger partial charge in [-0.2, -0.15) is 0 Å². The average molecular weight is 127 g/mol. The van der Waals surface area contributed by atoms with Gasteiger partial charge in [-0.25, -0.2) is 0 Å². The molecule has 0 aromatic heterocycles. The Morgan fingerprint density at radius 1 is 2.00 bits per heavy atom. The van der Waals surface area contributed by atoms with Crippen LogP contribution >= 0.6 is 16.6 Å². The van der Waals surface area contributed by atoms with Crippen molar-refractivity contribution in [2.75, 3.05) is 0 Å². The van der Waals surface area contributed by atoms with Gasteiger partial charge in [0.25, 0.3) is 0 Å². The van der Waals surface area contributed by atoms with Crippen molar-refractivity contribution in [3.63, 3.8) is 0 Å². The van der Waals surface area contributed by atoms with Crippen LogP contribution in [0.4, 0.5) is 0 Å². The van der Waals surface area contributed by atoms with E-state index in [1.54, 1.807) is 0 Å². The maximum atomic E-state index is 9.55. The lowest BCUT2D eigenvalue weighted by Gasteiger charge is -1.84. The predicted molar refractivity (Wildman–Crippen MR) is 22.8 cm³/mol. The Morgan fingerprint density at radius 3 is 2.00 bits per heavy atom. The summed E-state index contributed by atoms with van der Waals surface area (Å²) in [5.41, 5.74) is 0. The molecule has 1 atom stereocenters. The van der Waals surface area contributed by atoms with E-state index in [1.807, 2.05) is 0 Å². The van der Waals surface area contributed by atoms with Crippen LogP contribution < -0.4 is 0 Å². The van der Waals surface area contributed by atoms with Gasteiger partial charge in [0.2, 0.25) is 0 Å². The van der Waals surface area contributed by atoms with Crippen molar-refractivity contribution in [3.05, 3.63) is 0 Å². The molecule has 0 rings (SSSR count). The normalized spacial score (nSPS) is 21.2. The van der Waals surface area contributed by atoms with Gasteiger partial charge >= 0.3 is 15.8 Å². The van der Waals surface area contributed by atoms with Crippen LogP contribution in [0.25, 0.3) is 0 Å². The molecule has 2 nitrogen and oxygen atoms in total. The fourth-order valence-corrected chi connectivity index (χ4v) is 0. The van der Waals surface area contributed by atoms with Gasteiger partial charge in [-0.15, -0.1) is 0 Å². The van der Waals surface area contributed by atoms with Gasteiger partial charge in [-0.05, 0) is 11.2 Å². The second-order valence-corrected chi connectivity index (χ2v) is 7.21. The van der Waals surface area contributed by atoms with Gasteiger partial charge in [0.05, 0.1) is 0 Å². The topological polar surface area (TPSA) is 37.3 Å². The van der Waals surface area contributed by atoms with Crippen molar-refractivity contribution in [1.82, 2.24) is 0 Å². The van der Waals surface area contributed by atoms with Crippen molar-refractivity contribution in [3.8, 4) is 0 Å². The smallest absolute Gasteiger partial charge is 0.348 e. The molecule has 0 aliphatic carbocycles. The largest absolute Gasteiger partial charge is 0.354 e. The highest BCUT2D eigenvalue weighted by Gasteiger charge is 1.96. The second kappa shape index (κ2) is 1.64. The molecule has 0 bridgehead atoms. The lowest BCUT2D eigenvalue weighted by molar-refractivity contribution is 0.512. The number of halogens is 1. The Hall–Kier alpha value is 1.01. The lowest BCUT2D eigenvalue weighted by atomic mass is 15.9. The van der Waals surface area contributed by atoms with E-state index in [0.717, 1.165) is 15.8 Å². The molecule has 0 spiro atoms. The monoisotopic (exact) mass is 127 g/mol. The van der Waals surface area contributed by atoms with E-state index in [9.17, 15) is 4.57 Å². The average Bonchev–Trinajstić information content (AvgIpc) is 0.722. The van der Waals surface area contributed by atoms with Crippen molar-refractivity contribution in [2.24, 2.45) is 0 Å². The summed E-state index contributed by atoms with van der Waals surface area (Å²) in [6.45, 7) is 0. The van der Waals surface area contributed by atoms with Crippen molar-refractivity contribution < 1.29 is 9.46 Å². The number of hydrogen-bond donors (Lipinski definition) is 1. The molecule has 0 aromatic carbocycles. The fraction of sp³-hybridized carbons (Fsp3) is 0. The highest BCUT2D eigenvalue weighted by Crippen LogP contribution is 2.39. The molecule has 0 heterocycles. The minimum Gasteiger partial charge on any atom is -0.348 e. The molecule has 0 saturated carbocycles. The van der Waals surface area contributed by atoms with Crippen LogP contribution in [0.1, 0.15) is 0 Å². The van der Waals surface area contributed by atoms with Gasteiger partial charge in [0, 0.05) is 0 Å². The van der Waals surface area contributed by atoms with Crippen LogP contribution in [-0.4, -0.2) is 20.7 Å². The molecule has 1 N–H and O–H groups in total. The molecular weight excluding hydrogens is 125 g/mol. The lowest BCUT2D eigenvalue weighted by Crippen LogP contribution is -1.56. The molecule has 0 aliphatic rings. The Labute approximate surface area is 42.4 Å². The summed E-state index contributed by atoms with van der Waals surface area (Å²) >= 11 is 5.54. The molecule has 5 heteroatoms. The molecule has 0 amide bonds. The first-order chi connectivity index (χ1) is 2.00. The summed E-state index contributed by atoms with van der Waals surface area (Å²) in [5.74, 6) is 0.